The van der Waals surface area contributed by atoms with Crippen LogP contribution in [0.1, 0.15) is 46.2 Å². The van der Waals surface area contributed by atoms with Crippen LogP contribution < -0.4 is 0 Å². The van der Waals surface area contributed by atoms with Gasteiger partial charge >= 0.3 is 0 Å². The third-order valence-corrected chi connectivity index (χ3v) is 2.87. The average molecular weight is 253 g/mol. The maximum atomic E-state index is 5.57. The predicted octanol–water partition coefficient (Wildman–Crippen LogP) is 2.93. The molecule has 0 unspecified atom stereocenters. The Labute approximate surface area is 111 Å². The number of hydrogen-bond acceptors (Lipinski definition) is 3. The first kappa shape index (κ1) is 15.2. The normalized spacial score (nSPS) is 11.7. The first-order valence-electron chi connectivity index (χ1n) is 7.04. The van der Waals surface area contributed by atoms with Crippen molar-refractivity contribution in [3.63, 3.8) is 0 Å². The third-order valence-electron chi connectivity index (χ3n) is 2.87. The number of rotatable bonds is 9. The molecule has 1 aromatic rings. The van der Waals surface area contributed by atoms with Crippen LogP contribution in [0.2, 0.25) is 0 Å². The number of ether oxygens (including phenoxy) is 1. The van der Waals surface area contributed by atoms with Crippen LogP contribution in [0.15, 0.2) is 6.20 Å². The molecule has 104 valence electrons. The lowest BCUT2D eigenvalue weighted by Gasteiger charge is -2.05. The molecule has 0 aliphatic rings. The van der Waals surface area contributed by atoms with E-state index < -0.39 is 0 Å². The van der Waals surface area contributed by atoms with Gasteiger partial charge < -0.3 is 4.74 Å². The van der Waals surface area contributed by atoms with Crippen LogP contribution in [-0.4, -0.2) is 28.2 Å². The van der Waals surface area contributed by atoms with Crippen molar-refractivity contribution in [1.29, 1.82) is 0 Å². The Bertz CT molecular complexity index is 321. The van der Waals surface area contributed by atoms with E-state index in [4.69, 9.17) is 4.74 Å². The van der Waals surface area contributed by atoms with Crippen molar-refractivity contribution in [1.82, 2.24) is 15.0 Å². The molecule has 1 rings (SSSR count). The summed E-state index contributed by atoms with van der Waals surface area (Å²) >= 11 is 0. The van der Waals surface area contributed by atoms with E-state index in [1.807, 2.05) is 10.9 Å². The van der Waals surface area contributed by atoms with E-state index in [1.54, 1.807) is 0 Å². The summed E-state index contributed by atoms with van der Waals surface area (Å²) in [6, 6.07) is 0. The Morgan fingerprint density at radius 3 is 2.50 bits per heavy atom. The molecule has 0 saturated carbocycles. The second kappa shape index (κ2) is 8.25. The van der Waals surface area contributed by atoms with Crippen LogP contribution in [0.3, 0.4) is 0 Å². The summed E-state index contributed by atoms with van der Waals surface area (Å²) in [5, 5.41) is 8.29. The van der Waals surface area contributed by atoms with Crippen LogP contribution in [0, 0.1) is 11.8 Å². The van der Waals surface area contributed by atoms with Crippen molar-refractivity contribution in [2.24, 2.45) is 11.8 Å². The summed E-state index contributed by atoms with van der Waals surface area (Å²) in [6.45, 7) is 11.2. The molecule has 0 aliphatic heterocycles. The van der Waals surface area contributed by atoms with Gasteiger partial charge in [0.05, 0.1) is 18.8 Å². The van der Waals surface area contributed by atoms with Crippen molar-refractivity contribution < 1.29 is 4.74 Å². The van der Waals surface area contributed by atoms with Gasteiger partial charge in [0.15, 0.2) is 0 Å². The molecule has 0 aliphatic carbocycles. The summed E-state index contributed by atoms with van der Waals surface area (Å²) in [6.07, 6.45) is 5.35. The molecule has 0 radical (unpaired) electrons. The number of nitrogens with zero attached hydrogens (tertiary/aromatic N) is 3. The molecular formula is C14H27N3O. The topological polar surface area (TPSA) is 39.9 Å². The Balaban J connectivity index is 2.15. The highest BCUT2D eigenvalue weighted by molar-refractivity contribution is 4.92. The van der Waals surface area contributed by atoms with Crippen molar-refractivity contribution in [2.45, 2.75) is 53.5 Å². The molecule has 4 nitrogen and oxygen atoms in total. The maximum Gasteiger partial charge on any atom is 0.0827 e. The highest BCUT2D eigenvalue weighted by Crippen LogP contribution is 2.06. The van der Waals surface area contributed by atoms with Gasteiger partial charge in [0.25, 0.3) is 0 Å². The van der Waals surface area contributed by atoms with Crippen LogP contribution in [0.5, 0.6) is 0 Å². The second-order valence-electron chi connectivity index (χ2n) is 5.70. The van der Waals surface area contributed by atoms with Crippen molar-refractivity contribution in [2.75, 3.05) is 13.2 Å². The summed E-state index contributed by atoms with van der Waals surface area (Å²) < 4.78 is 7.45. The first-order chi connectivity index (χ1) is 8.58. The van der Waals surface area contributed by atoms with Crippen LogP contribution in [-0.2, 0) is 17.7 Å². The van der Waals surface area contributed by atoms with E-state index in [2.05, 4.69) is 38.0 Å². The largest absolute Gasteiger partial charge is 0.380 e. The zero-order valence-electron chi connectivity index (χ0n) is 12.2. The summed E-state index contributed by atoms with van der Waals surface area (Å²) in [5.41, 5.74) is 1.09. The Morgan fingerprint density at radius 2 is 1.83 bits per heavy atom. The van der Waals surface area contributed by atoms with E-state index in [0.29, 0.717) is 5.92 Å². The molecule has 0 saturated heterocycles. The number of aryl methyl sites for hydroxylation is 1. The van der Waals surface area contributed by atoms with Crippen LogP contribution >= 0.6 is 0 Å². The molecule has 0 atom stereocenters. The lowest BCUT2D eigenvalue weighted by atomic mass is 10.1. The van der Waals surface area contributed by atoms with Gasteiger partial charge in [-0.05, 0) is 31.1 Å². The number of hydrogen-bond donors (Lipinski definition) is 0. The summed E-state index contributed by atoms with van der Waals surface area (Å²) in [5.74, 6) is 1.42. The average Bonchev–Trinajstić information content (AvgIpc) is 2.73. The first-order valence-corrected chi connectivity index (χ1v) is 7.04. The van der Waals surface area contributed by atoms with E-state index in [1.165, 1.54) is 6.42 Å². The minimum atomic E-state index is 0.707. The zero-order chi connectivity index (χ0) is 13.4. The van der Waals surface area contributed by atoms with Gasteiger partial charge in [-0.2, -0.15) is 0 Å². The second-order valence-corrected chi connectivity index (χ2v) is 5.70. The fraction of sp³-hybridized carbons (Fsp3) is 0.857. The van der Waals surface area contributed by atoms with E-state index in [0.717, 1.165) is 44.2 Å². The van der Waals surface area contributed by atoms with Crippen molar-refractivity contribution in [3.05, 3.63) is 11.9 Å². The van der Waals surface area contributed by atoms with Crippen molar-refractivity contribution >= 4 is 0 Å². The summed E-state index contributed by atoms with van der Waals surface area (Å²) in [4.78, 5) is 0. The van der Waals surface area contributed by atoms with Gasteiger partial charge in [0.1, 0.15) is 0 Å². The molecule has 4 heteroatoms. The van der Waals surface area contributed by atoms with E-state index in [-0.39, 0.29) is 0 Å². The van der Waals surface area contributed by atoms with Gasteiger partial charge in [0.2, 0.25) is 0 Å². The fourth-order valence-electron chi connectivity index (χ4n) is 1.58. The standard InChI is InChI=1S/C14H27N3O/c1-12(2)5-6-14-11-17(16-15-14)8-10-18-9-7-13(3)4/h11-13H,5-10H2,1-4H3. The highest BCUT2D eigenvalue weighted by atomic mass is 16.5. The molecule has 0 spiro atoms. The van der Waals surface area contributed by atoms with E-state index >= 15 is 0 Å². The van der Waals surface area contributed by atoms with Gasteiger partial charge in [-0.1, -0.05) is 32.9 Å². The van der Waals surface area contributed by atoms with Crippen LogP contribution in [0.25, 0.3) is 0 Å². The minimum Gasteiger partial charge on any atom is -0.380 e. The Kier molecular flexibility index (Phi) is 6.94. The predicted molar refractivity (Wildman–Crippen MR) is 73.5 cm³/mol. The monoisotopic (exact) mass is 253 g/mol. The molecule has 0 bridgehead atoms. The smallest absolute Gasteiger partial charge is 0.0827 e. The lowest BCUT2D eigenvalue weighted by molar-refractivity contribution is 0.113. The molecule has 0 N–H and O–H groups in total. The van der Waals surface area contributed by atoms with E-state index in [9.17, 15) is 0 Å². The van der Waals surface area contributed by atoms with Crippen molar-refractivity contribution in [3.8, 4) is 0 Å². The molecular weight excluding hydrogens is 226 g/mol. The molecule has 18 heavy (non-hydrogen) atoms. The minimum absolute atomic E-state index is 0.707. The quantitative estimate of drug-likeness (QED) is 0.635. The molecule has 0 aromatic carbocycles. The maximum absolute atomic E-state index is 5.57. The molecule has 0 fully saturated rings. The summed E-state index contributed by atoms with van der Waals surface area (Å²) in [7, 11) is 0. The van der Waals surface area contributed by atoms with Crippen LogP contribution in [0.4, 0.5) is 0 Å². The fourth-order valence-corrected chi connectivity index (χ4v) is 1.58. The lowest BCUT2D eigenvalue weighted by Crippen LogP contribution is -2.08. The third kappa shape index (κ3) is 6.74. The molecule has 1 aromatic heterocycles. The van der Waals surface area contributed by atoms with Gasteiger partial charge in [-0.15, -0.1) is 5.10 Å². The zero-order valence-corrected chi connectivity index (χ0v) is 12.2. The Hall–Kier alpha value is -0.900. The highest BCUT2D eigenvalue weighted by Gasteiger charge is 2.02. The van der Waals surface area contributed by atoms with Gasteiger partial charge in [-0.25, -0.2) is 4.68 Å². The van der Waals surface area contributed by atoms with Gasteiger partial charge in [-0.3, -0.25) is 0 Å². The number of aromatic nitrogens is 3. The Morgan fingerprint density at radius 1 is 1.11 bits per heavy atom. The molecule has 0 amide bonds. The van der Waals surface area contributed by atoms with Gasteiger partial charge in [0, 0.05) is 12.8 Å². The SMILES string of the molecule is CC(C)CCOCCn1cc(CCC(C)C)nn1. The molecule has 1 heterocycles.